The molecule has 0 nitrogen and oxygen atoms in total. The first kappa shape index (κ1) is 18.5. The van der Waals surface area contributed by atoms with Crippen molar-refractivity contribution in [2.24, 2.45) is 0 Å². The highest BCUT2D eigenvalue weighted by Gasteiger charge is 2.57. The summed E-state index contributed by atoms with van der Waals surface area (Å²) in [5.74, 6) is -5.46. The molecule has 0 aliphatic rings. The lowest BCUT2D eigenvalue weighted by Gasteiger charge is -2.21. The molecule has 1 aromatic carbocycles. The zero-order valence-corrected chi connectivity index (χ0v) is 10.1. The van der Waals surface area contributed by atoms with Crippen LogP contribution in [0.4, 0.5) is 48.3 Å². The quantitative estimate of drug-likeness (QED) is 0.624. The lowest BCUT2D eigenvalue weighted by molar-refractivity contribution is -0.281. The Hall–Kier alpha value is -1.55. The molecular formula is C11H5F11. The van der Waals surface area contributed by atoms with E-state index in [0.717, 1.165) is 0 Å². The number of rotatable bonds is 2. The van der Waals surface area contributed by atoms with Gasteiger partial charge in [-0.2, -0.15) is 48.3 Å². The standard InChI is InChI=1S/C11H5F11/c12-8(13,11(20,21)22)4-5-1-6(9(14,15)16)3-7(2-5)10(17,18)19/h1-3H,4H2. The molecule has 0 unspecified atom stereocenters. The van der Waals surface area contributed by atoms with Gasteiger partial charge in [0, 0.05) is 6.42 Å². The fraction of sp³-hybridized carbons (Fsp3) is 0.455. The molecule has 0 amide bonds. The summed E-state index contributed by atoms with van der Waals surface area (Å²) in [5, 5.41) is 0. The Kier molecular flexibility index (Phi) is 4.43. The van der Waals surface area contributed by atoms with Crippen molar-refractivity contribution in [2.45, 2.75) is 30.9 Å². The van der Waals surface area contributed by atoms with E-state index in [1.54, 1.807) is 0 Å². The number of hydrogen-bond donors (Lipinski definition) is 0. The second-order valence-corrected chi connectivity index (χ2v) is 4.29. The van der Waals surface area contributed by atoms with E-state index in [4.69, 9.17) is 0 Å². The maximum atomic E-state index is 12.8. The maximum Gasteiger partial charge on any atom is 0.453 e. The van der Waals surface area contributed by atoms with Crippen molar-refractivity contribution in [2.75, 3.05) is 0 Å². The molecule has 0 fully saturated rings. The van der Waals surface area contributed by atoms with Gasteiger partial charge in [0.25, 0.3) is 0 Å². The SMILES string of the molecule is FC(F)(F)c1cc(CC(F)(F)C(F)(F)F)cc(C(F)(F)F)c1. The molecule has 0 saturated carbocycles. The summed E-state index contributed by atoms with van der Waals surface area (Å²) >= 11 is 0. The van der Waals surface area contributed by atoms with Gasteiger partial charge in [0.2, 0.25) is 0 Å². The largest absolute Gasteiger partial charge is 0.453 e. The third kappa shape index (κ3) is 4.23. The van der Waals surface area contributed by atoms with Gasteiger partial charge in [-0.1, -0.05) is 0 Å². The van der Waals surface area contributed by atoms with Crippen LogP contribution < -0.4 is 0 Å². The summed E-state index contributed by atoms with van der Waals surface area (Å²) in [6, 6.07) is -0.709. The third-order valence-electron chi connectivity index (χ3n) is 2.49. The lowest BCUT2D eigenvalue weighted by Crippen LogP contribution is -2.38. The second-order valence-electron chi connectivity index (χ2n) is 4.29. The summed E-state index contributed by atoms with van der Waals surface area (Å²) in [4.78, 5) is 0. The van der Waals surface area contributed by atoms with E-state index < -0.39 is 47.6 Å². The Morgan fingerprint density at radius 3 is 1.23 bits per heavy atom. The lowest BCUT2D eigenvalue weighted by atomic mass is 10.00. The van der Waals surface area contributed by atoms with Crippen LogP contribution in [0.5, 0.6) is 0 Å². The van der Waals surface area contributed by atoms with Gasteiger partial charge in [0.05, 0.1) is 11.1 Å². The molecule has 0 aliphatic heterocycles. The number of benzene rings is 1. The van der Waals surface area contributed by atoms with Crippen molar-refractivity contribution < 1.29 is 48.3 Å². The monoisotopic (exact) mass is 346 g/mol. The maximum absolute atomic E-state index is 12.8. The van der Waals surface area contributed by atoms with Gasteiger partial charge >= 0.3 is 24.5 Å². The molecule has 0 aliphatic carbocycles. The topological polar surface area (TPSA) is 0 Å². The van der Waals surface area contributed by atoms with Crippen molar-refractivity contribution in [3.8, 4) is 0 Å². The van der Waals surface area contributed by atoms with Crippen LogP contribution in [-0.4, -0.2) is 12.1 Å². The van der Waals surface area contributed by atoms with Gasteiger partial charge < -0.3 is 0 Å². The molecular weight excluding hydrogens is 341 g/mol. The van der Waals surface area contributed by atoms with Crippen molar-refractivity contribution in [1.82, 2.24) is 0 Å². The predicted molar refractivity (Wildman–Crippen MR) is 51.2 cm³/mol. The van der Waals surface area contributed by atoms with E-state index in [0.29, 0.717) is 0 Å². The number of alkyl halides is 11. The summed E-state index contributed by atoms with van der Waals surface area (Å²) in [6.45, 7) is 0. The highest BCUT2D eigenvalue weighted by Crippen LogP contribution is 2.41. The zero-order valence-electron chi connectivity index (χ0n) is 10.1. The minimum atomic E-state index is -6.10. The van der Waals surface area contributed by atoms with Gasteiger partial charge in [-0.15, -0.1) is 0 Å². The highest BCUT2D eigenvalue weighted by atomic mass is 19.4. The molecule has 0 aromatic heterocycles. The molecule has 1 rings (SSSR count). The zero-order chi connectivity index (χ0) is 17.6. The van der Waals surface area contributed by atoms with Crippen LogP contribution in [0.25, 0.3) is 0 Å². The van der Waals surface area contributed by atoms with Crippen LogP contribution in [0.1, 0.15) is 16.7 Å². The van der Waals surface area contributed by atoms with Crippen LogP contribution >= 0.6 is 0 Å². The molecule has 0 bridgehead atoms. The fourth-order valence-corrected chi connectivity index (χ4v) is 1.48. The summed E-state index contributed by atoms with van der Waals surface area (Å²) < 4.78 is 136. The fourth-order valence-electron chi connectivity index (χ4n) is 1.48. The van der Waals surface area contributed by atoms with Crippen LogP contribution in [0.15, 0.2) is 18.2 Å². The van der Waals surface area contributed by atoms with E-state index in [2.05, 4.69) is 0 Å². The van der Waals surface area contributed by atoms with Crippen molar-refractivity contribution in [3.05, 3.63) is 34.9 Å². The van der Waals surface area contributed by atoms with E-state index >= 15 is 0 Å². The molecule has 0 heterocycles. The predicted octanol–water partition coefficient (Wildman–Crippen LogP) is 5.46. The molecule has 1 aromatic rings. The number of halogens is 11. The van der Waals surface area contributed by atoms with Crippen molar-refractivity contribution in [3.63, 3.8) is 0 Å². The van der Waals surface area contributed by atoms with Gasteiger partial charge in [-0.3, -0.25) is 0 Å². The van der Waals surface area contributed by atoms with E-state index in [9.17, 15) is 48.3 Å². The van der Waals surface area contributed by atoms with Gasteiger partial charge in [-0.05, 0) is 23.8 Å². The summed E-state index contributed by atoms with van der Waals surface area (Å²) in [5.41, 5.74) is -5.35. The summed E-state index contributed by atoms with van der Waals surface area (Å²) in [7, 11) is 0. The van der Waals surface area contributed by atoms with Gasteiger partial charge in [-0.25, -0.2) is 0 Å². The van der Waals surface area contributed by atoms with E-state index in [1.807, 2.05) is 0 Å². The van der Waals surface area contributed by atoms with Crippen LogP contribution in [-0.2, 0) is 18.8 Å². The van der Waals surface area contributed by atoms with Crippen LogP contribution in [0.3, 0.4) is 0 Å². The first-order valence-electron chi connectivity index (χ1n) is 5.27. The van der Waals surface area contributed by atoms with Crippen LogP contribution in [0.2, 0.25) is 0 Å². The van der Waals surface area contributed by atoms with Gasteiger partial charge in [0.1, 0.15) is 0 Å². The summed E-state index contributed by atoms with van der Waals surface area (Å²) in [6.07, 6.45) is -19.1. The highest BCUT2D eigenvalue weighted by molar-refractivity contribution is 5.34. The molecule has 0 radical (unpaired) electrons. The third-order valence-corrected chi connectivity index (χ3v) is 2.49. The second kappa shape index (κ2) is 5.27. The Balaban J connectivity index is 3.37. The average Bonchev–Trinajstić information content (AvgIpc) is 2.23. The average molecular weight is 346 g/mol. The molecule has 22 heavy (non-hydrogen) atoms. The van der Waals surface area contributed by atoms with Crippen molar-refractivity contribution in [1.29, 1.82) is 0 Å². The molecule has 0 saturated heterocycles. The Morgan fingerprint density at radius 2 is 0.955 bits per heavy atom. The van der Waals surface area contributed by atoms with E-state index in [1.165, 1.54) is 0 Å². The Labute approximate surface area is 115 Å². The molecule has 0 spiro atoms. The number of hydrogen-bond acceptors (Lipinski definition) is 0. The van der Waals surface area contributed by atoms with Crippen LogP contribution in [0, 0.1) is 0 Å². The molecule has 126 valence electrons. The first-order valence-corrected chi connectivity index (χ1v) is 5.27. The minimum absolute atomic E-state index is 0.172. The molecule has 0 N–H and O–H groups in total. The Morgan fingerprint density at radius 1 is 0.591 bits per heavy atom. The van der Waals surface area contributed by atoms with Crippen molar-refractivity contribution >= 4 is 0 Å². The molecule has 11 heteroatoms. The Bertz CT molecular complexity index is 500. The normalized spacial score (nSPS) is 14.3. The van der Waals surface area contributed by atoms with E-state index in [-0.39, 0.29) is 18.2 Å². The smallest absolute Gasteiger partial charge is 0.196 e. The first-order chi connectivity index (χ1) is 9.54. The van der Waals surface area contributed by atoms with Gasteiger partial charge in [0.15, 0.2) is 0 Å². The minimum Gasteiger partial charge on any atom is -0.196 e. The molecule has 0 atom stereocenters.